The molecule has 0 spiro atoms. The third-order valence-corrected chi connectivity index (χ3v) is 4.33. The summed E-state index contributed by atoms with van der Waals surface area (Å²) < 4.78 is 2.31. The summed E-state index contributed by atoms with van der Waals surface area (Å²) in [5.41, 5.74) is 4.12. The van der Waals surface area contributed by atoms with Crippen LogP contribution in [0.15, 0.2) is 60.7 Å². The predicted molar refractivity (Wildman–Crippen MR) is 94.0 cm³/mol. The molecule has 2 heteroatoms. The van der Waals surface area contributed by atoms with Crippen LogP contribution in [0.5, 0.6) is 0 Å². The van der Waals surface area contributed by atoms with E-state index in [4.69, 9.17) is 0 Å². The van der Waals surface area contributed by atoms with E-state index >= 15 is 0 Å². The van der Waals surface area contributed by atoms with Gasteiger partial charge in [0.25, 0.3) is 0 Å². The molecule has 1 aromatic heterocycles. The Balaban J connectivity index is 1.56. The standard InChI is InChI=1S/C20H24N2/c1-21(14-8-11-17-9-4-3-5-10-17)16-19-15-18-12-6-7-13-20(18)22(19)2/h3-7,9-10,12-13,15H,8,11,14,16H2,1-2H3. The molecule has 0 atom stereocenters. The van der Waals surface area contributed by atoms with Gasteiger partial charge in [0.05, 0.1) is 0 Å². The minimum Gasteiger partial charge on any atom is -0.346 e. The van der Waals surface area contributed by atoms with Crippen molar-refractivity contribution in [2.45, 2.75) is 19.4 Å². The van der Waals surface area contributed by atoms with Crippen LogP contribution in [0.3, 0.4) is 0 Å². The van der Waals surface area contributed by atoms with Gasteiger partial charge >= 0.3 is 0 Å². The summed E-state index contributed by atoms with van der Waals surface area (Å²) in [5.74, 6) is 0. The molecule has 0 bridgehead atoms. The SMILES string of the molecule is CN(CCCc1ccccc1)Cc1cc2ccccc2n1C. The van der Waals surface area contributed by atoms with Crippen molar-refractivity contribution >= 4 is 10.9 Å². The third-order valence-electron chi connectivity index (χ3n) is 4.33. The van der Waals surface area contributed by atoms with Gasteiger partial charge in [0.15, 0.2) is 0 Å². The highest BCUT2D eigenvalue weighted by Crippen LogP contribution is 2.19. The highest BCUT2D eigenvalue weighted by Gasteiger charge is 2.07. The number of hydrogen-bond acceptors (Lipinski definition) is 1. The van der Waals surface area contributed by atoms with Crippen LogP contribution in [-0.2, 0) is 20.0 Å². The number of hydrogen-bond donors (Lipinski definition) is 0. The molecule has 2 aromatic carbocycles. The number of aryl methyl sites for hydroxylation is 2. The molecule has 3 aromatic rings. The molecule has 0 N–H and O–H groups in total. The molecule has 0 aliphatic carbocycles. The lowest BCUT2D eigenvalue weighted by atomic mass is 10.1. The van der Waals surface area contributed by atoms with Crippen molar-refractivity contribution < 1.29 is 0 Å². The maximum Gasteiger partial charge on any atom is 0.0480 e. The van der Waals surface area contributed by atoms with Crippen LogP contribution >= 0.6 is 0 Å². The van der Waals surface area contributed by atoms with E-state index in [2.05, 4.69) is 84.2 Å². The summed E-state index contributed by atoms with van der Waals surface area (Å²) in [6.07, 6.45) is 2.35. The topological polar surface area (TPSA) is 8.17 Å². The fourth-order valence-corrected chi connectivity index (χ4v) is 3.05. The van der Waals surface area contributed by atoms with Gasteiger partial charge in [0.1, 0.15) is 0 Å². The highest BCUT2D eigenvalue weighted by atomic mass is 15.1. The van der Waals surface area contributed by atoms with Gasteiger partial charge in [0, 0.05) is 24.8 Å². The van der Waals surface area contributed by atoms with E-state index in [1.54, 1.807) is 0 Å². The van der Waals surface area contributed by atoms with Crippen LogP contribution in [0, 0.1) is 0 Å². The summed E-state index contributed by atoms with van der Waals surface area (Å²) in [4.78, 5) is 2.41. The largest absolute Gasteiger partial charge is 0.346 e. The summed E-state index contributed by atoms with van der Waals surface area (Å²) in [6.45, 7) is 2.12. The highest BCUT2D eigenvalue weighted by molar-refractivity contribution is 5.81. The van der Waals surface area contributed by atoms with Crippen molar-refractivity contribution in [3.8, 4) is 0 Å². The Morgan fingerprint density at radius 2 is 1.68 bits per heavy atom. The molecule has 0 fully saturated rings. The molecule has 22 heavy (non-hydrogen) atoms. The summed E-state index contributed by atoms with van der Waals surface area (Å²) in [6, 6.07) is 21.6. The van der Waals surface area contributed by atoms with E-state index in [9.17, 15) is 0 Å². The zero-order valence-electron chi connectivity index (χ0n) is 13.5. The molecule has 0 radical (unpaired) electrons. The lowest BCUT2D eigenvalue weighted by molar-refractivity contribution is 0.315. The molecule has 0 aliphatic heterocycles. The number of fused-ring (bicyclic) bond motifs is 1. The van der Waals surface area contributed by atoms with Crippen LogP contribution < -0.4 is 0 Å². The second-order valence-corrected chi connectivity index (χ2v) is 6.08. The van der Waals surface area contributed by atoms with E-state index in [1.165, 1.54) is 28.6 Å². The van der Waals surface area contributed by atoms with Crippen molar-refractivity contribution in [3.63, 3.8) is 0 Å². The summed E-state index contributed by atoms with van der Waals surface area (Å²) >= 11 is 0. The number of para-hydroxylation sites is 1. The number of aromatic nitrogens is 1. The van der Waals surface area contributed by atoms with Gasteiger partial charge in [-0.05, 0) is 49.5 Å². The maximum atomic E-state index is 2.41. The average molecular weight is 292 g/mol. The van der Waals surface area contributed by atoms with E-state index in [1.807, 2.05) is 0 Å². The Hall–Kier alpha value is -2.06. The second kappa shape index (κ2) is 6.80. The molecule has 0 unspecified atom stereocenters. The first-order valence-corrected chi connectivity index (χ1v) is 8.00. The Kier molecular flexibility index (Phi) is 4.59. The molecule has 2 nitrogen and oxygen atoms in total. The van der Waals surface area contributed by atoms with Crippen molar-refractivity contribution in [3.05, 3.63) is 71.9 Å². The zero-order chi connectivity index (χ0) is 15.4. The minimum absolute atomic E-state index is 1.000. The normalized spacial score (nSPS) is 11.4. The molecule has 3 rings (SSSR count). The molecule has 0 saturated heterocycles. The molecular weight excluding hydrogens is 268 g/mol. The van der Waals surface area contributed by atoms with Gasteiger partial charge in [-0.1, -0.05) is 48.5 Å². The van der Waals surface area contributed by atoms with Gasteiger partial charge in [0.2, 0.25) is 0 Å². The zero-order valence-corrected chi connectivity index (χ0v) is 13.5. The van der Waals surface area contributed by atoms with Crippen molar-refractivity contribution in [1.82, 2.24) is 9.47 Å². The summed E-state index contributed by atoms with van der Waals surface area (Å²) in [5, 5.41) is 1.33. The quantitative estimate of drug-likeness (QED) is 0.659. The number of benzene rings is 2. The van der Waals surface area contributed by atoms with E-state index in [0.29, 0.717) is 0 Å². The van der Waals surface area contributed by atoms with Crippen LogP contribution in [0.25, 0.3) is 10.9 Å². The van der Waals surface area contributed by atoms with Crippen LogP contribution in [-0.4, -0.2) is 23.1 Å². The Morgan fingerprint density at radius 1 is 0.955 bits per heavy atom. The molecular formula is C20H24N2. The number of nitrogens with zero attached hydrogens (tertiary/aromatic N) is 2. The average Bonchev–Trinajstić information content (AvgIpc) is 2.85. The van der Waals surface area contributed by atoms with Crippen LogP contribution in [0.1, 0.15) is 17.7 Å². The lowest BCUT2D eigenvalue weighted by Gasteiger charge is -2.17. The van der Waals surface area contributed by atoms with Crippen molar-refractivity contribution in [2.75, 3.05) is 13.6 Å². The molecule has 0 saturated carbocycles. The first-order valence-electron chi connectivity index (χ1n) is 8.00. The monoisotopic (exact) mass is 292 g/mol. The first-order chi connectivity index (χ1) is 10.7. The molecule has 1 heterocycles. The smallest absolute Gasteiger partial charge is 0.0480 e. The van der Waals surface area contributed by atoms with Crippen LogP contribution in [0.4, 0.5) is 0 Å². The van der Waals surface area contributed by atoms with Crippen molar-refractivity contribution in [2.24, 2.45) is 7.05 Å². The van der Waals surface area contributed by atoms with Gasteiger partial charge < -0.3 is 9.47 Å². The third kappa shape index (κ3) is 3.40. The minimum atomic E-state index is 1.000. The molecule has 0 amide bonds. The van der Waals surface area contributed by atoms with E-state index in [0.717, 1.165) is 19.5 Å². The van der Waals surface area contributed by atoms with Gasteiger partial charge in [-0.3, -0.25) is 0 Å². The Bertz CT molecular complexity index is 728. The second-order valence-electron chi connectivity index (χ2n) is 6.08. The Morgan fingerprint density at radius 3 is 2.45 bits per heavy atom. The van der Waals surface area contributed by atoms with Gasteiger partial charge in [-0.25, -0.2) is 0 Å². The van der Waals surface area contributed by atoms with Gasteiger partial charge in [-0.2, -0.15) is 0 Å². The molecule has 0 aliphatic rings. The fourth-order valence-electron chi connectivity index (χ4n) is 3.05. The van der Waals surface area contributed by atoms with Crippen LogP contribution in [0.2, 0.25) is 0 Å². The molecule has 114 valence electrons. The van der Waals surface area contributed by atoms with Gasteiger partial charge in [-0.15, -0.1) is 0 Å². The summed E-state index contributed by atoms with van der Waals surface area (Å²) in [7, 11) is 4.37. The van der Waals surface area contributed by atoms with Crippen molar-refractivity contribution in [1.29, 1.82) is 0 Å². The predicted octanol–water partition coefficient (Wildman–Crippen LogP) is 4.24. The van der Waals surface area contributed by atoms with E-state index < -0.39 is 0 Å². The maximum absolute atomic E-state index is 2.41. The Labute approximate surface area is 133 Å². The number of rotatable bonds is 6. The fraction of sp³-hybridized carbons (Fsp3) is 0.300. The van der Waals surface area contributed by atoms with E-state index in [-0.39, 0.29) is 0 Å². The first kappa shape index (κ1) is 14.9. The lowest BCUT2D eigenvalue weighted by Crippen LogP contribution is -2.21.